The smallest absolute Gasteiger partial charge is 0.231 e. The minimum absolute atomic E-state index is 0.0547. The summed E-state index contributed by atoms with van der Waals surface area (Å²) in [5, 5.41) is 5.47. The summed E-state index contributed by atoms with van der Waals surface area (Å²) in [5.74, 6) is 2.39. The Morgan fingerprint density at radius 3 is 2.93 bits per heavy atom. The highest BCUT2D eigenvalue weighted by molar-refractivity contribution is 7.14. The summed E-state index contributed by atoms with van der Waals surface area (Å²) in [7, 11) is 0. The number of nitrogens with one attached hydrogen (secondary N) is 1. The van der Waals surface area contributed by atoms with Gasteiger partial charge in [0.2, 0.25) is 12.7 Å². The molecule has 2 aliphatic heterocycles. The normalized spacial score (nSPS) is 13.9. The van der Waals surface area contributed by atoms with Crippen molar-refractivity contribution in [3.63, 3.8) is 0 Å². The van der Waals surface area contributed by atoms with Crippen LogP contribution in [0.3, 0.4) is 0 Å². The van der Waals surface area contributed by atoms with E-state index in [1.54, 1.807) is 0 Å². The lowest BCUT2D eigenvalue weighted by Gasteiger charge is -2.04. The molecule has 1 N–H and O–H groups in total. The third-order valence-corrected chi connectivity index (χ3v) is 5.57. The van der Waals surface area contributed by atoms with Crippen molar-refractivity contribution in [2.45, 2.75) is 19.3 Å². The monoisotopic (exact) mass is 394 g/mol. The molecule has 0 spiro atoms. The highest BCUT2D eigenvalue weighted by Crippen LogP contribution is 2.33. The lowest BCUT2D eigenvalue weighted by Crippen LogP contribution is -2.12. The molecule has 0 aliphatic carbocycles. The number of fused-ring (bicyclic) bond motifs is 2. The molecule has 0 atom stereocenters. The number of benzene rings is 2. The molecule has 28 heavy (non-hydrogen) atoms. The van der Waals surface area contributed by atoms with Gasteiger partial charge in [-0.25, -0.2) is 4.98 Å². The Balaban J connectivity index is 1.20. The fourth-order valence-electron chi connectivity index (χ4n) is 3.35. The molecule has 1 aromatic heterocycles. The van der Waals surface area contributed by atoms with Gasteiger partial charge in [-0.05, 0) is 47.9 Å². The predicted molar refractivity (Wildman–Crippen MR) is 106 cm³/mol. The van der Waals surface area contributed by atoms with Crippen molar-refractivity contribution < 1.29 is 19.0 Å². The number of carbonyl (C=O) groups excluding carboxylic acids is 1. The number of rotatable bonds is 5. The number of carbonyl (C=O) groups is 1. The summed E-state index contributed by atoms with van der Waals surface area (Å²) >= 11 is 1.43. The Hall–Kier alpha value is -3.06. The molecule has 142 valence electrons. The molecule has 0 saturated heterocycles. The highest BCUT2D eigenvalue weighted by atomic mass is 32.1. The van der Waals surface area contributed by atoms with Gasteiger partial charge in [-0.1, -0.05) is 6.07 Å². The molecule has 3 aromatic rings. The first-order valence-corrected chi connectivity index (χ1v) is 10.0. The van der Waals surface area contributed by atoms with E-state index >= 15 is 0 Å². The summed E-state index contributed by atoms with van der Waals surface area (Å²) in [6.45, 7) is 0.990. The van der Waals surface area contributed by atoms with E-state index in [-0.39, 0.29) is 12.7 Å². The first-order valence-electron chi connectivity index (χ1n) is 9.14. The predicted octanol–water partition coefficient (Wildman–Crippen LogP) is 4.05. The first-order chi connectivity index (χ1) is 13.7. The van der Waals surface area contributed by atoms with Gasteiger partial charge in [-0.15, -0.1) is 11.3 Å². The lowest BCUT2D eigenvalue weighted by atomic mass is 10.1. The van der Waals surface area contributed by atoms with Crippen LogP contribution in [0.2, 0.25) is 0 Å². The van der Waals surface area contributed by atoms with E-state index in [2.05, 4.69) is 16.4 Å². The zero-order chi connectivity index (χ0) is 18.9. The zero-order valence-electron chi connectivity index (χ0n) is 15.1. The lowest BCUT2D eigenvalue weighted by molar-refractivity contribution is -0.116. The van der Waals surface area contributed by atoms with Crippen LogP contribution in [0.15, 0.2) is 41.8 Å². The van der Waals surface area contributed by atoms with Crippen molar-refractivity contribution in [1.82, 2.24) is 4.98 Å². The fourth-order valence-corrected chi connectivity index (χ4v) is 4.08. The van der Waals surface area contributed by atoms with Gasteiger partial charge in [0.25, 0.3) is 0 Å². The van der Waals surface area contributed by atoms with E-state index in [4.69, 9.17) is 14.2 Å². The van der Waals surface area contributed by atoms with Crippen molar-refractivity contribution in [3.05, 3.63) is 52.9 Å². The Labute approximate surface area is 166 Å². The Bertz CT molecular complexity index is 1050. The van der Waals surface area contributed by atoms with E-state index in [9.17, 15) is 4.79 Å². The van der Waals surface area contributed by atoms with E-state index in [1.807, 2.05) is 35.7 Å². The van der Waals surface area contributed by atoms with Crippen LogP contribution in [0, 0.1) is 0 Å². The summed E-state index contributed by atoms with van der Waals surface area (Å²) in [6, 6.07) is 11.9. The second kappa shape index (κ2) is 7.16. The van der Waals surface area contributed by atoms with Gasteiger partial charge in [-0.3, -0.25) is 4.79 Å². The van der Waals surface area contributed by atoms with Crippen LogP contribution in [0.1, 0.15) is 17.5 Å². The van der Waals surface area contributed by atoms with Crippen molar-refractivity contribution in [1.29, 1.82) is 0 Å². The maximum Gasteiger partial charge on any atom is 0.231 e. The highest BCUT2D eigenvalue weighted by Gasteiger charge is 2.16. The molecule has 0 bridgehead atoms. The third kappa shape index (κ3) is 3.41. The molecule has 7 heteroatoms. The number of hydrogen-bond donors (Lipinski definition) is 1. The van der Waals surface area contributed by atoms with E-state index in [1.165, 1.54) is 16.9 Å². The van der Waals surface area contributed by atoms with Crippen LogP contribution in [-0.4, -0.2) is 24.3 Å². The zero-order valence-corrected chi connectivity index (χ0v) is 15.9. The molecule has 0 unspecified atom stereocenters. The van der Waals surface area contributed by atoms with Gasteiger partial charge < -0.3 is 19.5 Å². The van der Waals surface area contributed by atoms with Gasteiger partial charge in [-0.2, -0.15) is 0 Å². The second-order valence-corrected chi connectivity index (χ2v) is 7.55. The van der Waals surface area contributed by atoms with Crippen LogP contribution in [-0.2, 0) is 17.6 Å². The number of amides is 1. The van der Waals surface area contributed by atoms with Gasteiger partial charge >= 0.3 is 0 Å². The molecule has 2 aromatic carbocycles. The van der Waals surface area contributed by atoms with Crippen molar-refractivity contribution in [3.8, 4) is 28.5 Å². The van der Waals surface area contributed by atoms with Crippen molar-refractivity contribution in [2.75, 3.05) is 18.7 Å². The van der Waals surface area contributed by atoms with Gasteiger partial charge in [0.15, 0.2) is 16.6 Å². The number of aromatic nitrogens is 1. The Morgan fingerprint density at radius 2 is 1.96 bits per heavy atom. The van der Waals surface area contributed by atoms with E-state index < -0.39 is 0 Å². The van der Waals surface area contributed by atoms with Crippen LogP contribution in [0.5, 0.6) is 17.2 Å². The number of aryl methyl sites for hydroxylation is 1. The maximum absolute atomic E-state index is 12.3. The molecule has 3 heterocycles. The minimum Gasteiger partial charge on any atom is -0.493 e. The largest absolute Gasteiger partial charge is 0.493 e. The topological polar surface area (TPSA) is 69.7 Å². The summed E-state index contributed by atoms with van der Waals surface area (Å²) in [6.07, 6.45) is 1.94. The second-order valence-electron chi connectivity index (χ2n) is 6.69. The molecular weight excluding hydrogens is 376 g/mol. The van der Waals surface area contributed by atoms with Crippen LogP contribution >= 0.6 is 11.3 Å². The average Bonchev–Trinajstić information content (AvgIpc) is 3.45. The van der Waals surface area contributed by atoms with Crippen LogP contribution in [0.25, 0.3) is 11.3 Å². The third-order valence-electron chi connectivity index (χ3n) is 4.81. The minimum atomic E-state index is -0.0547. The number of anilines is 1. The van der Waals surface area contributed by atoms with Crippen LogP contribution < -0.4 is 19.5 Å². The standard InChI is InChI=1S/C21H18N2O4S/c24-20(6-2-13-1-4-18-19(9-13)27-12-26-18)23-21-22-16(11-28-21)14-3-5-17-15(10-14)7-8-25-17/h1,3-5,9-11H,2,6-8,12H2,(H,22,23,24). The van der Waals surface area contributed by atoms with Gasteiger partial charge in [0.05, 0.1) is 12.3 Å². The molecular formula is C21H18N2O4S. The summed E-state index contributed by atoms with van der Waals surface area (Å²) in [5.41, 5.74) is 4.16. The van der Waals surface area contributed by atoms with Gasteiger partial charge in [0, 0.05) is 23.8 Å². The molecule has 1 amide bonds. The Morgan fingerprint density at radius 1 is 1.07 bits per heavy atom. The summed E-state index contributed by atoms with van der Waals surface area (Å²) < 4.78 is 16.2. The maximum atomic E-state index is 12.3. The molecule has 5 rings (SSSR count). The quantitative estimate of drug-likeness (QED) is 0.707. The SMILES string of the molecule is O=C(CCc1ccc2c(c1)OCO2)Nc1nc(-c2ccc3c(c2)CCO3)cs1. The molecule has 0 saturated carbocycles. The van der Waals surface area contributed by atoms with E-state index in [0.29, 0.717) is 18.0 Å². The Kier molecular flexibility index (Phi) is 4.37. The number of ether oxygens (including phenoxy) is 3. The first kappa shape index (κ1) is 17.1. The van der Waals surface area contributed by atoms with Crippen molar-refractivity contribution >= 4 is 22.4 Å². The number of hydrogen-bond acceptors (Lipinski definition) is 6. The molecule has 2 aliphatic rings. The van der Waals surface area contributed by atoms with E-state index in [0.717, 1.165) is 47.1 Å². The summed E-state index contributed by atoms with van der Waals surface area (Å²) in [4.78, 5) is 16.9. The number of nitrogens with zero attached hydrogens (tertiary/aromatic N) is 1. The average molecular weight is 394 g/mol. The fraction of sp³-hybridized carbons (Fsp3) is 0.238. The van der Waals surface area contributed by atoms with Crippen molar-refractivity contribution in [2.24, 2.45) is 0 Å². The molecule has 0 fully saturated rings. The molecule has 0 radical (unpaired) electrons. The molecule has 6 nitrogen and oxygen atoms in total. The number of thiazole rings is 1. The van der Waals surface area contributed by atoms with Gasteiger partial charge in [0.1, 0.15) is 5.75 Å². The van der Waals surface area contributed by atoms with Crippen LogP contribution in [0.4, 0.5) is 5.13 Å².